The summed E-state index contributed by atoms with van der Waals surface area (Å²) in [4.78, 5) is 14.2. The molecule has 1 amide bonds. The highest BCUT2D eigenvalue weighted by Crippen LogP contribution is 2.18. The molecule has 0 spiro atoms. The second kappa shape index (κ2) is 6.50. The van der Waals surface area contributed by atoms with Gasteiger partial charge in [-0.25, -0.2) is 0 Å². The topological polar surface area (TPSA) is 50.8 Å². The van der Waals surface area contributed by atoms with E-state index in [0.29, 0.717) is 26.4 Å². The van der Waals surface area contributed by atoms with Crippen LogP contribution in [0.4, 0.5) is 0 Å². The van der Waals surface area contributed by atoms with Gasteiger partial charge in [-0.05, 0) is 12.8 Å². The van der Waals surface area contributed by atoms with Gasteiger partial charge in [0.05, 0.1) is 44.7 Å². The minimum Gasteiger partial charge on any atom is -0.376 e. The summed E-state index contributed by atoms with van der Waals surface area (Å²) in [5.74, 6) is 0.213. The molecule has 2 rings (SSSR count). The monoisotopic (exact) mass is 256 g/mol. The predicted octanol–water partition coefficient (Wildman–Crippen LogP) is 0.738. The van der Waals surface area contributed by atoms with Crippen LogP contribution >= 0.6 is 0 Å². The number of hydrogen-bond donors (Lipinski definition) is 1. The van der Waals surface area contributed by atoms with Crippen LogP contribution in [0.15, 0.2) is 0 Å². The standard InChI is InChI=1S/C13H24N2O3/c1-3-5-12-14-11(4-2)13(16)15(12)8-10-9-17-6-7-18-10/h10-12,14H,3-9H2,1-2H3. The fraction of sp³-hybridized carbons (Fsp3) is 0.923. The average Bonchev–Trinajstić information content (AvgIpc) is 2.69. The second-order valence-corrected chi connectivity index (χ2v) is 4.99. The molecule has 2 aliphatic rings. The van der Waals surface area contributed by atoms with Gasteiger partial charge in [-0.3, -0.25) is 10.1 Å². The van der Waals surface area contributed by atoms with E-state index in [0.717, 1.165) is 19.3 Å². The summed E-state index contributed by atoms with van der Waals surface area (Å²) < 4.78 is 11.0. The summed E-state index contributed by atoms with van der Waals surface area (Å²) in [5.41, 5.74) is 0. The Morgan fingerprint density at radius 3 is 2.83 bits per heavy atom. The third kappa shape index (κ3) is 3.02. The molecule has 18 heavy (non-hydrogen) atoms. The van der Waals surface area contributed by atoms with Gasteiger partial charge in [0.1, 0.15) is 0 Å². The third-order valence-corrected chi connectivity index (χ3v) is 3.61. The molecule has 2 aliphatic heterocycles. The molecule has 0 saturated carbocycles. The molecule has 2 fully saturated rings. The van der Waals surface area contributed by atoms with E-state index in [4.69, 9.17) is 9.47 Å². The summed E-state index contributed by atoms with van der Waals surface area (Å²) in [7, 11) is 0. The van der Waals surface area contributed by atoms with Crippen LogP contribution in [0.25, 0.3) is 0 Å². The Kier molecular flexibility index (Phi) is 4.97. The number of hydrogen-bond acceptors (Lipinski definition) is 4. The van der Waals surface area contributed by atoms with Crippen LogP contribution in [-0.2, 0) is 14.3 Å². The first kappa shape index (κ1) is 13.8. The zero-order valence-electron chi connectivity index (χ0n) is 11.4. The Bertz CT molecular complexity index is 279. The first-order valence-electron chi connectivity index (χ1n) is 7.02. The zero-order chi connectivity index (χ0) is 13.0. The molecule has 104 valence electrons. The maximum absolute atomic E-state index is 12.3. The van der Waals surface area contributed by atoms with Crippen molar-refractivity contribution in [2.45, 2.75) is 51.4 Å². The SMILES string of the molecule is CCCC1NC(CC)C(=O)N1CC1COCCO1. The molecule has 2 heterocycles. The largest absolute Gasteiger partial charge is 0.376 e. The third-order valence-electron chi connectivity index (χ3n) is 3.61. The maximum Gasteiger partial charge on any atom is 0.241 e. The van der Waals surface area contributed by atoms with E-state index in [-0.39, 0.29) is 24.2 Å². The van der Waals surface area contributed by atoms with Crippen molar-refractivity contribution in [1.82, 2.24) is 10.2 Å². The first-order valence-corrected chi connectivity index (χ1v) is 7.02. The van der Waals surface area contributed by atoms with Crippen molar-refractivity contribution in [3.8, 4) is 0 Å². The van der Waals surface area contributed by atoms with Gasteiger partial charge in [0, 0.05) is 0 Å². The minimum atomic E-state index is -0.0222. The molecular formula is C13H24N2O3. The molecule has 3 unspecified atom stereocenters. The van der Waals surface area contributed by atoms with Gasteiger partial charge in [0.2, 0.25) is 5.91 Å². The van der Waals surface area contributed by atoms with E-state index in [2.05, 4.69) is 12.2 Å². The summed E-state index contributed by atoms with van der Waals surface area (Å²) in [6.45, 7) is 6.73. The number of carbonyl (C=O) groups excluding carboxylic acids is 1. The fourth-order valence-electron chi connectivity index (χ4n) is 2.63. The molecule has 0 radical (unpaired) electrons. The quantitative estimate of drug-likeness (QED) is 0.788. The van der Waals surface area contributed by atoms with Gasteiger partial charge in [0.25, 0.3) is 0 Å². The smallest absolute Gasteiger partial charge is 0.241 e. The predicted molar refractivity (Wildman–Crippen MR) is 68.2 cm³/mol. The van der Waals surface area contributed by atoms with Gasteiger partial charge >= 0.3 is 0 Å². The van der Waals surface area contributed by atoms with E-state index in [9.17, 15) is 4.79 Å². The van der Waals surface area contributed by atoms with Crippen molar-refractivity contribution in [1.29, 1.82) is 0 Å². The highest BCUT2D eigenvalue weighted by Gasteiger charge is 2.38. The van der Waals surface area contributed by atoms with Crippen molar-refractivity contribution in [3.05, 3.63) is 0 Å². The molecule has 0 bridgehead atoms. The van der Waals surface area contributed by atoms with E-state index >= 15 is 0 Å². The molecule has 2 saturated heterocycles. The highest BCUT2D eigenvalue weighted by atomic mass is 16.6. The maximum atomic E-state index is 12.3. The Balaban J connectivity index is 1.95. The van der Waals surface area contributed by atoms with E-state index in [1.54, 1.807) is 0 Å². The Labute approximate surface area is 109 Å². The Morgan fingerprint density at radius 1 is 1.39 bits per heavy atom. The number of nitrogens with one attached hydrogen (secondary N) is 1. The van der Waals surface area contributed by atoms with Crippen LogP contribution in [0.2, 0.25) is 0 Å². The lowest BCUT2D eigenvalue weighted by Crippen LogP contribution is -2.45. The van der Waals surface area contributed by atoms with Crippen molar-refractivity contribution in [2.24, 2.45) is 0 Å². The van der Waals surface area contributed by atoms with Gasteiger partial charge in [-0.2, -0.15) is 0 Å². The highest BCUT2D eigenvalue weighted by molar-refractivity contribution is 5.84. The summed E-state index contributed by atoms with van der Waals surface area (Å²) in [6, 6.07) is -0.0222. The van der Waals surface area contributed by atoms with Crippen molar-refractivity contribution < 1.29 is 14.3 Å². The number of rotatable bonds is 5. The second-order valence-electron chi connectivity index (χ2n) is 4.99. The van der Waals surface area contributed by atoms with Crippen LogP contribution < -0.4 is 5.32 Å². The summed E-state index contributed by atoms with van der Waals surface area (Å²) in [5, 5.41) is 3.41. The molecule has 0 aliphatic carbocycles. The molecule has 5 heteroatoms. The van der Waals surface area contributed by atoms with Crippen LogP contribution in [0.5, 0.6) is 0 Å². The van der Waals surface area contributed by atoms with E-state index in [1.165, 1.54) is 0 Å². The van der Waals surface area contributed by atoms with Crippen molar-refractivity contribution >= 4 is 5.91 Å². The normalized spacial score (nSPS) is 33.1. The molecule has 3 atom stereocenters. The van der Waals surface area contributed by atoms with Crippen LogP contribution in [0.3, 0.4) is 0 Å². The molecule has 0 aromatic heterocycles. The van der Waals surface area contributed by atoms with Crippen molar-refractivity contribution in [3.63, 3.8) is 0 Å². The van der Waals surface area contributed by atoms with Crippen LogP contribution in [0, 0.1) is 0 Å². The zero-order valence-corrected chi connectivity index (χ0v) is 11.4. The number of carbonyl (C=O) groups is 1. The van der Waals surface area contributed by atoms with Crippen LogP contribution in [-0.4, -0.2) is 55.5 Å². The molecule has 1 N–H and O–H groups in total. The van der Waals surface area contributed by atoms with E-state index < -0.39 is 0 Å². The van der Waals surface area contributed by atoms with Gasteiger partial charge < -0.3 is 14.4 Å². The molecule has 0 aromatic rings. The summed E-state index contributed by atoms with van der Waals surface area (Å²) in [6.07, 6.45) is 3.10. The molecular weight excluding hydrogens is 232 g/mol. The lowest BCUT2D eigenvalue weighted by atomic mass is 10.2. The molecule has 0 aromatic carbocycles. The average molecular weight is 256 g/mol. The van der Waals surface area contributed by atoms with Gasteiger partial charge in [-0.1, -0.05) is 20.3 Å². The minimum absolute atomic E-state index is 0.0222. The first-order chi connectivity index (χ1) is 8.76. The van der Waals surface area contributed by atoms with Crippen LogP contribution in [0.1, 0.15) is 33.1 Å². The van der Waals surface area contributed by atoms with E-state index in [1.807, 2.05) is 11.8 Å². The number of ether oxygens (including phenoxy) is 2. The Hall–Kier alpha value is -0.650. The lowest BCUT2D eigenvalue weighted by molar-refractivity contribution is -0.137. The molecule has 5 nitrogen and oxygen atoms in total. The van der Waals surface area contributed by atoms with Gasteiger partial charge in [-0.15, -0.1) is 0 Å². The fourth-order valence-corrected chi connectivity index (χ4v) is 2.63. The lowest BCUT2D eigenvalue weighted by Gasteiger charge is -2.30. The van der Waals surface area contributed by atoms with Gasteiger partial charge in [0.15, 0.2) is 0 Å². The van der Waals surface area contributed by atoms with Crippen molar-refractivity contribution in [2.75, 3.05) is 26.4 Å². The summed E-state index contributed by atoms with van der Waals surface area (Å²) >= 11 is 0. The Morgan fingerprint density at radius 2 is 2.22 bits per heavy atom. The number of amides is 1. The number of nitrogens with zero attached hydrogens (tertiary/aromatic N) is 1.